The van der Waals surface area contributed by atoms with Crippen LogP contribution in [0.3, 0.4) is 0 Å². The maximum atomic E-state index is 12.1. The molecule has 0 aliphatic carbocycles. The number of alkyl halides is 2. The van der Waals surface area contributed by atoms with Gasteiger partial charge < -0.3 is 14.7 Å². The Labute approximate surface area is 142 Å². The van der Waals surface area contributed by atoms with Crippen molar-refractivity contribution >= 4 is 0 Å². The lowest BCUT2D eigenvalue weighted by atomic mass is 10.2. The molecule has 0 amide bonds. The van der Waals surface area contributed by atoms with E-state index in [-0.39, 0.29) is 5.75 Å². The van der Waals surface area contributed by atoms with Crippen molar-refractivity contribution in [2.75, 3.05) is 53.4 Å². The van der Waals surface area contributed by atoms with Gasteiger partial charge in [0, 0.05) is 45.8 Å². The SMILES string of the molecule is CN1CCN(CC(O)CN(C)Cc2ccc(OC(F)F)cc2)CC1. The fourth-order valence-electron chi connectivity index (χ4n) is 2.90. The molecule has 0 bridgehead atoms. The molecule has 136 valence electrons. The van der Waals surface area contributed by atoms with E-state index in [0.29, 0.717) is 19.6 Å². The maximum absolute atomic E-state index is 12.1. The molecule has 1 N–H and O–H groups in total. The maximum Gasteiger partial charge on any atom is 0.387 e. The zero-order valence-corrected chi connectivity index (χ0v) is 14.4. The zero-order valence-electron chi connectivity index (χ0n) is 14.4. The lowest BCUT2D eigenvalue weighted by Gasteiger charge is -2.34. The molecule has 0 saturated carbocycles. The molecule has 1 heterocycles. The van der Waals surface area contributed by atoms with Gasteiger partial charge in [0.1, 0.15) is 5.75 Å². The highest BCUT2D eigenvalue weighted by molar-refractivity contribution is 5.27. The predicted molar refractivity (Wildman–Crippen MR) is 89.4 cm³/mol. The molecular weight excluding hydrogens is 316 g/mol. The van der Waals surface area contributed by atoms with Crippen LogP contribution in [0.25, 0.3) is 0 Å². The summed E-state index contributed by atoms with van der Waals surface area (Å²) in [5, 5.41) is 10.3. The van der Waals surface area contributed by atoms with Crippen molar-refractivity contribution in [3.05, 3.63) is 29.8 Å². The minimum atomic E-state index is -2.80. The molecule has 1 aliphatic rings. The predicted octanol–water partition coefficient (Wildman–Crippen LogP) is 1.33. The second-order valence-corrected chi connectivity index (χ2v) is 6.48. The van der Waals surface area contributed by atoms with E-state index in [2.05, 4.69) is 21.6 Å². The van der Waals surface area contributed by atoms with Crippen LogP contribution in [0.2, 0.25) is 0 Å². The molecule has 1 atom stereocenters. The number of aliphatic hydroxyl groups excluding tert-OH is 1. The fraction of sp³-hybridized carbons (Fsp3) is 0.647. The van der Waals surface area contributed by atoms with Gasteiger partial charge in [-0.05, 0) is 31.8 Å². The second kappa shape index (κ2) is 9.27. The first-order valence-corrected chi connectivity index (χ1v) is 8.23. The summed E-state index contributed by atoms with van der Waals surface area (Å²) in [6.07, 6.45) is -0.403. The molecule has 0 spiro atoms. The van der Waals surface area contributed by atoms with Crippen molar-refractivity contribution in [2.45, 2.75) is 19.3 Å². The largest absolute Gasteiger partial charge is 0.435 e. The third kappa shape index (κ3) is 6.68. The van der Waals surface area contributed by atoms with E-state index < -0.39 is 12.7 Å². The van der Waals surface area contributed by atoms with Crippen LogP contribution < -0.4 is 4.74 Å². The van der Waals surface area contributed by atoms with E-state index in [1.807, 2.05) is 11.9 Å². The van der Waals surface area contributed by atoms with Crippen molar-refractivity contribution in [1.29, 1.82) is 0 Å². The molecule has 0 radical (unpaired) electrons. The summed E-state index contributed by atoms with van der Waals surface area (Å²) in [7, 11) is 4.05. The molecule has 1 saturated heterocycles. The van der Waals surface area contributed by atoms with Crippen molar-refractivity contribution < 1.29 is 18.6 Å². The third-order valence-corrected chi connectivity index (χ3v) is 4.19. The Bertz CT molecular complexity index is 479. The van der Waals surface area contributed by atoms with Crippen LogP contribution in [0.1, 0.15) is 5.56 Å². The molecule has 1 fully saturated rings. The number of ether oxygens (including phenoxy) is 1. The lowest BCUT2D eigenvalue weighted by molar-refractivity contribution is -0.0498. The monoisotopic (exact) mass is 343 g/mol. The summed E-state index contributed by atoms with van der Waals surface area (Å²) in [4.78, 5) is 6.61. The Hall–Kier alpha value is -1.28. The highest BCUT2D eigenvalue weighted by Gasteiger charge is 2.18. The number of benzene rings is 1. The van der Waals surface area contributed by atoms with E-state index in [1.54, 1.807) is 12.1 Å². The molecule has 1 aromatic rings. The summed E-state index contributed by atoms with van der Waals surface area (Å²) in [5.74, 6) is 0.159. The van der Waals surface area contributed by atoms with Gasteiger partial charge in [0.2, 0.25) is 0 Å². The standard InChI is InChI=1S/C17H27F2N3O2/c1-20-7-9-22(10-8-20)13-15(23)12-21(2)11-14-3-5-16(6-4-14)24-17(18)19/h3-6,15,17,23H,7-13H2,1-2H3. The van der Waals surface area contributed by atoms with Gasteiger partial charge >= 0.3 is 6.61 Å². The Kier molecular flexibility index (Phi) is 7.36. The quantitative estimate of drug-likeness (QED) is 0.771. The lowest BCUT2D eigenvalue weighted by Crippen LogP contribution is -2.48. The molecule has 0 aromatic heterocycles. The van der Waals surface area contributed by atoms with Crippen LogP contribution in [0.5, 0.6) is 5.75 Å². The van der Waals surface area contributed by atoms with Gasteiger partial charge in [-0.1, -0.05) is 12.1 Å². The van der Waals surface area contributed by atoms with Crippen LogP contribution in [0.4, 0.5) is 8.78 Å². The highest BCUT2D eigenvalue weighted by atomic mass is 19.3. The van der Waals surface area contributed by atoms with Gasteiger partial charge in [-0.15, -0.1) is 0 Å². The summed E-state index contributed by atoms with van der Waals surface area (Å²) in [5.41, 5.74) is 0.992. The zero-order chi connectivity index (χ0) is 17.5. The summed E-state index contributed by atoms with van der Waals surface area (Å²) < 4.78 is 28.6. The first-order valence-electron chi connectivity index (χ1n) is 8.23. The van der Waals surface area contributed by atoms with Crippen LogP contribution in [0.15, 0.2) is 24.3 Å². The number of nitrogens with zero attached hydrogens (tertiary/aromatic N) is 3. The topological polar surface area (TPSA) is 39.2 Å². The van der Waals surface area contributed by atoms with Crippen LogP contribution in [0, 0.1) is 0 Å². The smallest absolute Gasteiger partial charge is 0.387 e. The summed E-state index contributed by atoms with van der Waals surface area (Å²) in [6, 6.07) is 6.61. The average Bonchev–Trinajstić information content (AvgIpc) is 2.51. The van der Waals surface area contributed by atoms with Gasteiger partial charge in [0.05, 0.1) is 6.10 Å². The molecule has 1 unspecified atom stereocenters. The van der Waals surface area contributed by atoms with Crippen LogP contribution in [-0.4, -0.2) is 85.9 Å². The highest BCUT2D eigenvalue weighted by Crippen LogP contribution is 2.15. The Balaban J connectivity index is 1.72. The van der Waals surface area contributed by atoms with Crippen molar-refractivity contribution in [1.82, 2.24) is 14.7 Å². The van der Waals surface area contributed by atoms with Crippen LogP contribution >= 0.6 is 0 Å². The van der Waals surface area contributed by atoms with E-state index >= 15 is 0 Å². The average molecular weight is 343 g/mol. The Morgan fingerprint density at radius 2 is 1.79 bits per heavy atom. The van der Waals surface area contributed by atoms with Crippen molar-refractivity contribution in [3.63, 3.8) is 0 Å². The van der Waals surface area contributed by atoms with Gasteiger partial charge in [-0.25, -0.2) is 0 Å². The second-order valence-electron chi connectivity index (χ2n) is 6.48. The summed E-state index contributed by atoms with van der Waals surface area (Å²) in [6.45, 7) is 3.15. The number of rotatable bonds is 8. The first kappa shape index (κ1) is 19.1. The number of likely N-dealkylation sites (N-methyl/N-ethyl adjacent to an activating group) is 2. The third-order valence-electron chi connectivity index (χ3n) is 4.19. The molecule has 1 aliphatic heterocycles. The number of hydrogen-bond donors (Lipinski definition) is 1. The van der Waals surface area contributed by atoms with E-state index in [1.165, 1.54) is 12.1 Å². The number of halogens is 2. The Morgan fingerprint density at radius 1 is 1.17 bits per heavy atom. The minimum absolute atomic E-state index is 0.159. The minimum Gasteiger partial charge on any atom is -0.435 e. The molecule has 2 rings (SSSR count). The van der Waals surface area contributed by atoms with E-state index in [9.17, 15) is 13.9 Å². The van der Waals surface area contributed by atoms with Crippen molar-refractivity contribution in [3.8, 4) is 5.75 Å². The molecule has 5 nitrogen and oxygen atoms in total. The summed E-state index contributed by atoms with van der Waals surface area (Å²) >= 11 is 0. The van der Waals surface area contributed by atoms with Gasteiger partial charge in [0.15, 0.2) is 0 Å². The van der Waals surface area contributed by atoms with Crippen molar-refractivity contribution in [2.24, 2.45) is 0 Å². The van der Waals surface area contributed by atoms with E-state index in [0.717, 1.165) is 31.7 Å². The Morgan fingerprint density at radius 3 is 2.38 bits per heavy atom. The van der Waals surface area contributed by atoms with E-state index in [4.69, 9.17) is 0 Å². The normalized spacial score (nSPS) is 18.3. The van der Waals surface area contributed by atoms with Gasteiger partial charge in [0.25, 0.3) is 0 Å². The molecule has 7 heteroatoms. The fourth-order valence-corrected chi connectivity index (χ4v) is 2.90. The molecule has 24 heavy (non-hydrogen) atoms. The molecular formula is C17H27F2N3O2. The van der Waals surface area contributed by atoms with Gasteiger partial charge in [-0.3, -0.25) is 9.80 Å². The number of hydrogen-bond acceptors (Lipinski definition) is 5. The van der Waals surface area contributed by atoms with Crippen LogP contribution in [-0.2, 0) is 6.54 Å². The number of aliphatic hydroxyl groups is 1. The number of β-amino-alcohol motifs (C(OH)–C–C–N with tert-alkyl or cyclic N) is 1. The number of piperazine rings is 1. The molecule has 1 aromatic carbocycles. The first-order chi connectivity index (χ1) is 11.4. The van der Waals surface area contributed by atoms with Gasteiger partial charge in [-0.2, -0.15) is 8.78 Å².